The van der Waals surface area contributed by atoms with Crippen molar-refractivity contribution in [2.24, 2.45) is 0 Å². The Morgan fingerprint density at radius 1 is 1.32 bits per heavy atom. The van der Waals surface area contributed by atoms with Crippen LogP contribution in [-0.4, -0.2) is 41.1 Å². The molecule has 1 aliphatic heterocycles. The monoisotopic (exact) mass is 353 g/mol. The molecule has 0 radical (unpaired) electrons. The minimum absolute atomic E-state index is 0.121. The third-order valence-corrected chi connectivity index (χ3v) is 5.13. The fraction of sp³-hybridized carbons (Fsp3) is 0.222. The van der Waals surface area contributed by atoms with Gasteiger partial charge in [0.1, 0.15) is 16.8 Å². The molecule has 1 aromatic carbocycles. The minimum Gasteiger partial charge on any atom is -0.497 e. The second kappa shape index (κ2) is 6.95. The molecule has 2 aromatic rings. The van der Waals surface area contributed by atoms with Gasteiger partial charge in [0.15, 0.2) is 0 Å². The number of carbonyl (C=O) groups excluding carboxylic acids is 2. The molecule has 1 atom stereocenters. The SMILES string of the molecule is COc1cccc(-c2ccc(C#N)c(SC3CC(=O)N(C)C3=O)n2)c1. The first kappa shape index (κ1) is 17.0. The summed E-state index contributed by atoms with van der Waals surface area (Å²) in [7, 11) is 3.06. The maximum Gasteiger partial charge on any atom is 0.242 e. The molecule has 1 aromatic heterocycles. The third kappa shape index (κ3) is 3.35. The molecule has 1 saturated heterocycles. The molecular weight excluding hydrogens is 338 g/mol. The molecule has 1 unspecified atom stereocenters. The average Bonchev–Trinajstić information content (AvgIpc) is 2.88. The minimum atomic E-state index is -0.544. The van der Waals surface area contributed by atoms with Crippen molar-refractivity contribution >= 4 is 23.6 Å². The zero-order chi connectivity index (χ0) is 18.0. The number of aromatic nitrogens is 1. The van der Waals surface area contributed by atoms with Crippen LogP contribution in [0.5, 0.6) is 5.75 Å². The molecule has 0 bridgehead atoms. The van der Waals surface area contributed by atoms with Gasteiger partial charge in [-0.3, -0.25) is 14.5 Å². The Morgan fingerprint density at radius 2 is 2.12 bits per heavy atom. The Kier molecular flexibility index (Phi) is 4.72. The average molecular weight is 353 g/mol. The molecule has 1 fully saturated rings. The molecule has 126 valence electrons. The van der Waals surface area contributed by atoms with Gasteiger partial charge >= 0.3 is 0 Å². The summed E-state index contributed by atoms with van der Waals surface area (Å²) in [6.45, 7) is 0. The van der Waals surface area contributed by atoms with E-state index in [0.717, 1.165) is 22.2 Å². The molecular formula is C18H15N3O3S. The van der Waals surface area contributed by atoms with Crippen LogP contribution in [0.2, 0.25) is 0 Å². The third-order valence-electron chi connectivity index (χ3n) is 3.94. The first-order chi connectivity index (χ1) is 12.0. The van der Waals surface area contributed by atoms with E-state index in [1.807, 2.05) is 24.3 Å². The van der Waals surface area contributed by atoms with Gasteiger partial charge in [0, 0.05) is 19.0 Å². The number of imide groups is 1. The number of hydrogen-bond acceptors (Lipinski definition) is 6. The highest BCUT2D eigenvalue weighted by molar-refractivity contribution is 8.00. The van der Waals surface area contributed by atoms with Gasteiger partial charge in [-0.05, 0) is 24.3 Å². The van der Waals surface area contributed by atoms with Crippen molar-refractivity contribution in [3.05, 3.63) is 42.0 Å². The summed E-state index contributed by atoms with van der Waals surface area (Å²) in [5.41, 5.74) is 1.90. The lowest BCUT2D eigenvalue weighted by atomic mass is 10.1. The molecule has 25 heavy (non-hydrogen) atoms. The van der Waals surface area contributed by atoms with Gasteiger partial charge in [-0.2, -0.15) is 5.26 Å². The largest absolute Gasteiger partial charge is 0.497 e. The summed E-state index contributed by atoms with van der Waals surface area (Å²) in [6.07, 6.45) is 0.121. The van der Waals surface area contributed by atoms with E-state index in [1.165, 1.54) is 7.05 Å². The lowest BCUT2D eigenvalue weighted by Gasteiger charge is -2.11. The van der Waals surface area contributed by atoms with Crippen molar-refractivity contribution in [1.29, 1.82) is 5.26 Å². The van der Waals surface area contributed by atoms with E-state index in [-0.39, 0.29) is 18.2 Å². The summed E-state index contributed by atoms with van der Waals surface area (Å²) in [6, 6.07) is 13.0. The highest BCUT2D eigenvalue weighted by Gasteiger charge is 2.37. The molecule has 0 spiro atoms. The van der Waals surface area contributed by atoms with Crippen molar-refractivity contribution < 1.29 is 14.3 Å². The summed E-state index contributed by atoms with van der Waals surface area (Å²) in [5.74, 6) is 0.230. The Hall–Kier alpha value is -2.85. The number of methoxy groups -OCH3 is 1. The predicted molar refractivity (Wildman–Crippen MR) is 93.0 cm³/mol. The van der Waals surface area contributed by atoms with Gasteiger partial charge in [0.2, 0.25) is 11.8 Å². The first-order valence-corrected chi connectivity index (χ1v) is 8.44. The van der Waals surface area contributed by atoms with Crippen LogP contribution in [0.1, 0.15) is 12.0 Å². The number of nitriles is 1. The number of pyridine rings is 1. The predicted octanol–water partition coefficient (Wildman–Crippen LogP) is 2.48. The van der Waals surface area contributed by atoms with Gasteiger partial charge in [-0.1, -0.05) is 23.9 Å². The second-order valence-corrected chi connectivity index (χ2v) is 6.69. The van der Waals surface area contributed by atoms with E-state index in [0.29, 0.717) is 22.0 Å². The van der Waals surface area contributed by atoms with Crippen LogP contribution < -0.4 is 4.74 Å². The van der Waals surface area contributed by atoms with Crippen molar-refractivity contribution in [2.75, 3.05) is 14.2 Å². The topological polar surface area (TPSA) is 83.3 Å². The van der Waals surface area contributed by atoms with Crippen LogP contribution in [0.25, 0.3) is 11.3 Å². The molecule has 6 nitrogen and oxygen atoms in total. The standard InChI is InChI=1S/C18H15N3O3S/c1-21-16(22)9-15(18(21)23)25-17-12(10-19)6-7-14(20-17)11-4-3-5-13(8-11)24-2/h3-8,15H,9H2,1-2H3. The zero-order valence-electron chi connectivity index (χ0n) is 13.7. The first-order valence-electron chi connectivity index (χ1n) is 7.56. The van der Waals surface area contributed by atoms with Crippen LogP contribution in [0.15, 0.2) is 41.4 Å². The maximum atomic E-state index is 12.1. The molecule has 2 amide bonds. The summed E-state index contributed by atoms with van der Waals surface area (Å²) in [5, 5.41) is 9.22. The normalized spacial score (nSPS) is 16.8. The molecule has 0 saturated carbocycles. The lowest BCUT2D eigenvalue weighted by molar-refractivity contribution is -0.136. The van der Waals surface area contributed by atoms with Crippen molar-refractivity contribution in [1.82, 2.24) is 9.88 Å². The Bertz CT molecular complexity index is 891. The van der Waals surface area contributed by atoms with Crippen LogP contribution >= 0.6 is 11.8 Å². The van der Waals surface area contributed by atoms with Crippen LogP contribution in [0, 0.1) is 11.3 Å². The Balaban J connectivity index is 1.95. The number of thioether (sulfide) groups is 1. The highest BCUT2D eigenvalue weighted by atomic mass is 32.2. The highest BCUT2D eigenvalue weighted by Crippen LogP contribution is 2.33. The van der Waals surface area contributed by atoms with Crippen molar-refractivity contribution in [3.8, 4) is 23.1 Å². The lowest BCUT2D eigenvalue weighted by Crippen LogP contribution is -2.26. The van der Waals surface area contributed by atoms with E-state index < -0.39 is 5.25 Å². The van der Waals surface area contributed by atoms with Crippen LogP contribution in [0.4, 0.5) is 0 Å². The number of likely N-dealkylation sites (tertiary alicyclic amines) is 1. The summed E-state index contributed by atoms with van der Waals surface area (Å²) < 4.78 is 5.22. The van der Waals surface area contributed by atoms with Gasteiger partial charge in [0.25, 0.3) is 0 Å². The number of ether oxygens (including phenoxy) is 1. The number of carbonyl (C=O) groups is 2. The van der Waals surface area contributed by atoms with Crippen molar-refractivity contribution in [3.63, 3.8) is 0 Å². The number of amides is 2. The van der Waals surface area contributed by atoms with Crippen LogP contribution in [-0.2, 0) is 9.59 Å². The van der Waals surface area contributed by atoms with E-state index in [1.54, 1.807) is 19.2 Å². The van der Waals surface area contributed by atoms with Crippen LogP contribution in [0.3, 0.4) is 0 Å². The molecule has 0 aliphatic carbocycles. The smallest absolute Gasteiger partial charge is 0.242 e. The number of hydrogen-bond donors (Lipinski definition) is 0. The summed E-state index contributed by atoms with van der Waals surface area (Å²) >= 11 is 1.16. The van der Waals surface area contributed by atoms with Crippen molar-refractivity contribution in [2.45, 2.75) is 16.7 Å². The van der Waals surface area contributed by atoms with Gasteiger partial charge in [-0.15, -0.1) is 0 Å². The number of benzene rings is 1. The molecule has 0 N–H and O–H groups in total. The quantitative estimate of drug-likeness (QED) is 0.785. The number of rotatable bonds is 4. The fourth-order valence-corrected chi connectivity index (χ4v) is 3.65. The van der Waals surface area contributed by atoms with Gasteiger partial charge in [-0.25, -0.2) is 4.98 Å². The Morgan fingerprint density at radius 3 is 2.76 bits per heavy atom. The van der Waals surface area contributed by atoms with E-state index in [4.69, 9.17) is 4.74 Å². The van der Waals surface area contributed by atoms with E-state index >= 15 is 0 Å². The molecule has 1 aliphatic rings. The zero-order valence-corrected chi connectivity index (χ0v) is 14.5. The van der Waals surface area contributed by atoms with E-state index in [9.17, 15) is 14.9 Å². The van der Waals surface area contributed by atoms with Gasteiger partial charge < -0.3 is 4.74 Å². The molecule has 2 heterocycles. The van der Waals surface area contributed by atoms with E-state index in [2.05, 4.69) is 11.1 Å². The summed E-state index contributed by atoms with van der Waals surface area (Å²) in [4.78, 5) is 29.5. The second-order valence-electron chi connectivity index (χ2n) is 5.49. The molecule has 3 rings (SSSR count). The molecule has 7 heteroatoms. The maximum absolute atomic E-state index is 12.1. The number of nitrogens with zero attached hydrogens (tertiary/aromatic N) is 3. The Labute approximate surface area is 149 Å². The fourth-order valence-electron chi connectivity index (χ4n) is 2.51. The van der Waals surface area contributed by atoms with Gasteiger partial charge in [0.05, 0.1) is 23.6 Å².